The lowest BCUT2D eigenvalue weighted by Crippen LogP contribution is -2.37. The van der Waals surface area contributed by atoms with E-state index in [4.69, 9.17) is 0 Å². The van der Waals surface area contributed by atoms with Crippen molar-refractivity contribution in [3.05, 3.63) is 29.3 Å². The summed E-state index contributed by atoms with van der Waals surface area (Å²) in [6.07, 6.45) is 0.838. The molecule has 2 amide bonds. The minimum Gasteiger partial charge on any atom is -0.348 e. The van der Waals surface area contributed by atoms with E-state index in [9.17, 15) is 9.59 Å². The molecule has 0 aliphatic rings. The monoisotopic (exact) mass is 305 g/mol. The zero-order valence-electron chi connectivity index (χ0n) is 14.0. The van der Waals surface area contributed by atoms with Crippen LogP contribution in [0.15, 0.2) is 18.2 Å². The molecule has 0 heterocycles. The molecule has 1 aromatic carbocycles. The maximum atomic E-state index is 11.8. The van der Waals surface area contributed by atoms with Crippen molar-refractivity contribution >= 4 is 17.5 Å². The highest BCUT2D eigenvalue weighted by Gasteiger charge is 2.13. The smallest absolute Gasteiger partial charge is 0.313 e. The summed E-state index contributed by atoms with van der Waals surface area (Å²) in [5.74, 6) is -1.20. The second kappa shape index (κ2) is 9.20. The fourth-order valence-electron chi connectivity index (χ4n) is 2.36. The van der Waals surface area contributed by atoms with Crippen LogP contribution >= 0.6 is 0 Å². The molecule has 5 heteroatoms. The average Bonchev–Trinajstić information content (AvgIpc) is 2.46. The van der Waals surface area contributed by atoms with Crippen LogP contribution in [0, 0.1) is 13.8 Å². The standard InChI is InChI=1S/C17H27N3O2/c1-5-20(6-2)9-7-8-18-16(21)17(22)19-15-11-13(3)10-14(4)12-15/h10-12H,5-9H2,1-4H3,(H,18,21)(H,19,22). The first kappa shape index (κ1) is 18.2. The molecule has 0 spiro atoms. The van der Waals surface area contributed by atoms with Gasteiger partial charge in [0.05, 0.1) is 0 Å². The molecule has 0 aliphatic heterocycles. The molecule has 0 atom stereocenters. The van der Waals surface area contributed by atoms with Crippen molar-refractivity contribution in [2.24, 2.45) is 0 Å². The lowest BCUT2D eigenvalue weighted by atomic mass is 10.1. The first-order valence-electron chi connectivity index (χ1n) is 7.86. The number of amides is 2. The van der Waals surface area contributed by atoms with Gasteiger partial charge in [0.1, 0.15) is 0 Å². The van der Waals surface area contributed by atoms with Gasteiger partial charge in [-0.15, -0.1) is 0 Å². The Balaban J connectivity index is 2.37. The molecule has 5 nitrogen and oxygen atoms in total. The van der Waals surface area contributed by atoms with Gasteiger partial charge in [0, 0.05) is 12.2 Å². The minimum atomic E-state index is -0.618. The largest absolute Gasteiger partial charge is 0.348 e. The molecule has 0 aliphatic carbocycles. The van der Waals surface area contributed by atoms with E-state index in [0.29, 0.717) is 12.2 Å². The summed E-state index contributed by atoms with van der Waals surface area (Å²) in [7, 11) is 0. The number of carbonyl (C=O) groups is 2. The summed E-state index contributed by atoms with van der Waals surface area (Å²) in [6, 6.07) is 5.71. The summed E-state index contributed by atoms with van der Waals surface area (Å²) in [5, 5.41) is 5.29. The SMILES string of the molecule is CCN(CC)CCCNC(=O)C(=O)Nc1cc(C)cc(C)c1. The molecule has 0 saturated heterocycles. The first-order valence-corrected chi connectivity index (χ1v) is 7.86. The third-order valence-corrected chi connectivity index (χ3v) is 3.52. The summed E-state index contributed by atoms with van der Waals surface area (Å²) < 4.78 is 0. The van der Waals surface area contributed by atoms with E-state index in [0.717, 1.165) is 37.2 Å². The lowest BCUT2D eigenvalue weighted by molar-refractivity contribution is -0.136. The van der Waals surface area contributed by atoms with Crippen LogP contribution < -0.4 is 10.6 Å². The number of hydrogen-bond donors (Lipinski definition) is 2. The predicted octanol–water partition coefficient (Wildman–Crippen LogP) is 2.09. The van der Waals surface area contributed by atoms with Crippen molar-refractivity contribution in [2.75, 3.05) is 31.5 Å². The van der Waals surface area contributed by atoms with Gasteiger partial charge in [-0.25, -0.2) is 0 Å². The Kier molecular flexibility index (Phi) is 7.60. The quantitative estimate of drug-likeness (QED) is 0.599. The average molecular weight is 305 g/mol. The zero-order chi connectivity index (χ0) is 16.5. The summed E-state index contributed by atoms with van der Waals surface area (Å²) in [4.78, 5) is 25.9. The minimum absolute atomic E-state index is 0.510. The summed E-state index contributed by atoms with van der Waals surface area (Å²) in [5.41, 5.74) is 2.76. The van der Waals surface area contributed by atoms with E-state index < -0.39 is 11.8 Å². The Morgan fingerprint density at radius 1 is 1.00 bits per heavy atom. The van der Waals surface area contributed by atoms with Crippen LogP contribution in [0.2, 0.25) is 0 Å². The van der Waals surface area contributed by atoms with Crippen molar-refractivity contribution in [2.45, 2.75) is 34.1 Å². The molecule has 0 radical (unpaired) electrons. The zero-order valence-corrected chi connectivity index (χ0v) is 14.0. The number of anilines is 1. The number of benzene rings is 1. The molecule has 0 saturated carbocycles. The number of rotatable bonds is 7. The molecule has 0 fully saturated rings. The second-order valence-corrected chi connectivity index (χ2v) is 5.47. The van der Waals surface area contributed by atoms with Crippen LogP contribution in [0.5, 0.6) is 0 Å². The fourth-order valence-corrected chi connectivity index (χ4v) is 2.36. The Bertz CT molecular complexity index is 490. The number of aryl methyl sites for hydroxylation is 2. The highest BCUT2D eigenvalue weighted by molar-refractivity contribution is 6.39. The van der Waals surface area contributed by atoms with Crippen molar-refractivity contribution in [3.8, 4) is 0 Å². The Labute approximate surface area is 133 Å². The highest BCUT2D eigenvalue weighted by atomic mass is 16.2. The van der Waals surface area contributed by atoms with Crippen LogP contribution in [0.3, 0.4) is 0 Å². The van der Waals surface area contributed by atoms with Gasteiger partial charge >= 0.3 is 11.8 Å². The van der Waals surface area contributed by atoms with Gasteiger partial charge in [-0.05, 0) is 63.2 Å². The molecule has 22 heavy (non-hydrogen) atoms. The molecule has 0 unspecified atom stereocenters. The molecule has 2 N–H and O–H groups in total. The molecular weight excluding hydrogens is 278 g/mol. The Hall–Kier alpha value is -1.88. The van der Waals surface area contributed by atoms with Crippen molar-refractivity contribution in [1.29, 1.82) is 0 Å². The summed E-state index contributed by atoms with van der Waals surface area (Å²) >= 11 is 0. The third kappa shape index (κ3) is 6.26. The van der Waals surface area contributed by atoms with Crippen LogP contribution in [0.1, 0.15) is 31.4 Å². The topological polar surface area (TPSA) is 61.4 Å². The van der Waals surface area contributed by atoms with Crippen LogP contribution in [0.25, 0.3) is 0 Å². The normalized spacial score (nSPS) is 10.6. The van der Waals surface area contributed by atoms with Gasteiger partial charge in [0.25, 0.3) is 0 Å². The highest BCUT2D eigenvalue weighted by Crippen LogP contribution is 2.13. The van der Waals surface area contributed by atoms with E-state index in [2.05, 4.69) is 29.4 Å². The van der Waals surface area contributed by atoms with Gasteiger partial charge < -0.3 is 15.5 Å². The number of nitrogens with one attached hydrogen (secondary N) is 2. The maximum absolute atomic E-state index is 11.8. The Morgan fingerprint density at radius 3 is 2.14 bits per heavy atom. The molecular formula is C17H27N3O2. The van der Waals surface area contributed by atoms with Crippen molar-refractivity contribution in [3.63, 3.8) is 0 Å². The van der Waals surface area contributed by atoms with Crippen LogP contribution in [0.4, 0.5) is 5.69 Å². The molecule has 1 aromatic rings. The van der Waals surface area contributed by atoms with Crippen molar-refractivity contribution in [1.82, 2.24) is 10.2 Å². The predicted molar refractivity (Wildman–Crippen MR) is 90.0 cm³/mol. The van der Waals surface area contributed by atoms with Gasteiger partial charge in [-0.2, -0.15) is 0 Å². The van der Waals surface area contributed by atoms with Crippen LogP contribution in [-0.4, -0.2) is 42.9 Å². The number of nitrogens with zero attached hydrogens (tertiary/aromatic N) is 1. The van der Waals surface area contributed by atoms with Crippen LogP contribution in [-0.2, 0) is 9.59 Å². The third-order valence-electron chi connectivity index (χ3n) is 3.52. The molecule has 0 aromatic heterocycles. The summed E-state index contributed by atoms with van der Waals surface area (Å²) in [6.45, 7) is 11.6. The van der Waals surface area contributed by atoms with Gasteiger partial charge in [-0.1, -0.05) is 19.9 Å². The van der Waals surface area contributed by atoms with Gasteiger partial charge in [-0.3, -0.25) is 9.59 Å². The molecule has 0 bridgehead atoms. The van der Waals surface area contributed by atoms with E-state index in [1.165, 1.54) is 0 Å². The molecule has 1 rings (SSSR count). The lowest BCUT2D eigenvalue weighted by Gasteiger charge is -2.17. The number of hydrogen-bond acceptors (Lipinski definition) is 3. The first-order chi connectivity index (χ1) is 10.5. The number of carbonyl (C=O) groups excluding carboxylic acids is 2. The second-order valence-electron chi connectivity index (χ2n) is 5.47. The van der Waals surface area contributed by atoms with E-state index in [1.807, 2.05) is 32.0 Å². The Morgan fingerprint density at radius 2 is 1.59 bits per heavy atom. The van der Waals surface area contributed by atoms with Crippen molar-refractivity contribution < 1.29 is 9.59 Å². The van der Waals surface area contributed by atoms with Gasteiger partial charge in [0.2, 0.25) is 0 Å². The van der Waals surface area contributed by atoms with E-state index >= 15 is 0 Å². The maximum Gasteiger partial charge on any atom is 0.313 e. The van der Waals surface area contributed by atoms with E-state index in [-0.39, 0.29) is 0 Å². The van der Waals surface area contributed by atoms with E-state index in [1.54, 1.807) is 0 Å². The van der Waals surface area contributed by atoms with Gasteiger partial charge in [0.15, 0.2) is 0 Å². The fraction of sp³-hybridized carbons (Fsp3) is 0.529. The molecule has 122 valence electrons.